The number of hydrogen-bond donors (Lipinski definition) is 5. The van der Waals surface area contributed by atoms with Crippen LogP contribution in [0.5, 0.6) is 0 Å². The topological polar surface area (TPSA) is 152 Å². The summed E-state index contributed by atoms with van der Waals surface area (Å²) in [4.78, 5) is 21.6. The van der Waals surface area contributed by atoms with Crippen LogP contribution in [0.3, 0.4) is 0 Å². The standard InChI is InChI=1S/Ca.Mg.Mn.H3O4P.H2O4S.4H/c;;;2*1-5(2,3)4;;;;/h;;;(H3,1,2,3,4);(H2,1,2,3,4);;;;. The van der Waals surface area contributed by atoms with Gasteiger partial charge < -0.3 is 14.7 Å². The first-order valence-corrected chi connectivity index (χ1v) is 4.44. The Balaban J connectivity index is -0.0000000267. The van der Waals surface area contributed by atoms with E-state index in [-0.39, 0.29) is 77.9 Å². The molecule has 0 atom stereocenters. The Morgan fingerprint density at radius 1 is 1.00 bits per heavy atom. The molecule has 0 aliphatic rings. The predicted molar refractivity (Wildman–Crippen MR) is 45.5 cm³/mol. The molecule has 0 saturated heterocycles. The fourth-order valence-corrected chi connectivity index (χ4v) is 0. The molecule has 0 bridgehead atoms. The first-order valence-electron chi connectivity index (χ1n) is 1.48. The second-order valence-corrected chi connectivity index (χ2v) is 2.88. The normalized spacial score (nSPS) is 9.00. The molecular weight excluding hydrogens is 310 g/mol. The maximum atomic E-state index is 8.88. The van der Waals surface area contributed by atoms with E-state index in [0.29, 0.717) is 0 Å². The van der Waals surface area contributed by atoms with Crippen molar-refractivity contribution >= 4 is 79.0 Å². The van der Waals surface area contributed by atoms with E-state index >= 15 is 0 Å². The van der Waals surface area contributed by atoms with E-state index in [1.807, 2.05) is 0 Å². The summed E-state index contributed by atoms with van der Waals surface area (Å²) >= 11 is 0. The molecule has 0 aliphatic heterocycles. The minimum absolute atomic E-state index is 0. The van der Waals surface area contributed by atoms with Crippen molar-refractivity contribution in [3.8, 4) is 0 Å². The van der Waals surface area contributed by atoms with E-state index in [1.165, 1.54) is 0 Å². The van der Waals surface area contributed by atoms with Crippen LogP contribution in [-0.2, 0) is 32.0 Å². The minimum atomic E-state index is -4.67. The Morgan fingerprint density at radius 2 is 1.00 bits per heavy atom. The van der Waals surface area contributed by atoms with Gasteiger partial charge in [-0.05, 0) is 0 Å². The van der Waals surface area contributed by atoms with Crippen LogP contribution in [0.1, 0.15) is 0 Å². The third-order valence-electron chi connectivity index (χ3n) is 0. The number of hydrogen-bond acceptors (Lipinski definition) is 3. The number of phosphoric acid groups is 1. The van der Waals surface area contributed by atoms with Crippen molar-refractivity contribution in [3.05, 3.63) is 0 Å². The van der Waals surface area contributed by atoms with Crippen LogP contribution in [0.2, 0.25) is 0 Å². The van der Waals surface area contributed by atoms with Gasteiger partial charge in [0.2, 0.25) is 0 Å². The first kappa shape index (κ1) is 29.6. The third kappa shape index (κ3) is 357. The van der Waals surface area contributed by atoms with Gasteiger partial charge in [0.05, 0.1) is 0 Å². The van der Waals surface area contributed by atoms with Crippen molar-refractivity contribution in [2.24, 2.45) is 0 Å². The van der Waals surface area contributed by atoms with Crippen LogP contribution < -0.4 is 0 Å². The van der Waals surface area contributed by atoms with E-state index in [2.05, 4.69) is 0 Å². The summed E-state index contributed by atoms with van der Waals surface area (Å²) in [5.41, 5.74) is 0. The Morgan fingerprint density at radius 3 is 1.00 bits per heavy atom. The summed E-state index contributed by atoms with van der Waals surface area (Å²) in [5, 5.41) is 0. The maximum absolute atomic E-state index is 8.88. The average Bonchev–Trinajstić information content (AvgIpc) is 1.12. The summed E-state index contributed by atoms with van der Waals surface area (Å²) < 4.78 is 40.5. The van der Waals surface area contributed by atoms with Gasteiger partial charge in [0.15, 0.2) is 0 Å². The van der Waals surface area contributed by atoms with Gasteiger partial charge in [0, 0.05) is 17.1 Å². The molecule has 0 aromatic rings. The largest absolute Gasteiger partial charge is 0.316 e. The van der Waals surface area contributed by atoms with Crippen LogP contribution in [0.4, 0.5) is 0 Å². The Kier molecular flexibility index (Phi) is 28.6. The molecule has 5 N–H and O–H groups in total. The fraction of sp³-hybridized carbons (Fsp3) is 0. The van der Waals surface area contributed by atoms with Crippen LogP contribution >= 0.6 is 7.82 Å². The van der Waals surface area contributed by atoms with Crippen LogP contribution in [0, 0.1) is 0 Å². The molecule has 0 rings (SSSR count). The molecule has 0 amide bonds. The summed E-state index contributed by atoms with van der Waals surface area (Å²) in [6.07, 6.45) is 0. The predicted octanol–water partition coefficient (Wildman–Crippen LogP) is -3.42. The SMILES string of the molecule is O=P(O)(O)O.O=S(=O)(O)O.[CaH2].[MgH2].[Mn]. The molecule has 8 nitrogen and oxygen atoms in total. The van der Waals surface area contributed by atoms with Gasteiger partial charge in [-0.1, -0.05) is 0 Å². The molecular formula is H9CaMgMnO8PS. The molecule has 13 heavy (non-hydrogen) atoms. The first-order chi connectivity index (χ1) is 4.00. The minimum Gasteiger partial charge on any atom is 0 e. The van der Waals surface area contributed by atoms with E-state index < -0.39 is 18.2 Å². The second-order valence-electron chi connectivity index (χ2n) is 0.961. The van der Waals surface area contributed by atoms with Crippen LogP contribution in [-0.4, -0.2) is 93.0 Å². The van der Waals surface area contributed by atoms with E-state index in [4.69, 9.17) is 36.8 Å². The summed E-state index contributed by atoms with van der Waals surface area (Å²) in [7, 11) is -9.31. The van der Waals surface area contributed by atoms with Crippen molar-refractivity contribution in [2.45, 2.75) is 0 Å². The molecule has 0 fully saturated rings. The van der Waals surface area contributed by atoms with Gasteiger partial charge in [-0.15, -0.1) is 0 Å². The molecule has 1 radical (unpaired) electrons. The third-order valence-corrected chi connectivity index (χ3v) is 0. The van der Waals surface area contributed by atoms with Crippen molar-refractivity contribution < 1.29 is 53.8 Å². The van der Waals surface area contributed by atoms with Gasteiger partial charge in [-0.3, -0.25) is 9.11 Å². The zero-order valence-electron chi connectivity index (χ0n) is 4.69. The van der Waals surface area contributed by atoms with Gasteiger partial charge in [0.25, 0.3) is 0 Å². The van der Waals surface area contributed by atoms with Gasteiger partial charge in [-0.25, -0.2) is 4.57 Å². The molecule has 0 saturated carbocycles. The maximum Gasteiger partial charge on any atom is 0.316 e. The Labute approximate surface area is 131 Å². The molecule has 0 spiro atoms. The van der Waals surface area contributed by atoms with Gasteiger partial charge in [-0.2, -0.15) is 8.42 Å². The molecule has 0 aromatic heterocycles. The summed E-state index contributed by atoms with van der Waals surface area (Å²) in [6.45, 7) is 0. The average molecular weight is 319 g/mol. The number of rotatable bonds is 0. The van der Waals surface area contributed by atoms with Crippen molar-refractivity contribution in [2.75, 3.05) is 0 Å². The van der Waals surface area contributed by atoms with Crippen molar-refractivity contribution in [3.63, 3.8) is 0 Å². The van der Waals surface area contributed by atoms with Crippen LogP contribution in [0.25, 0.3) is 0 Å². The smallest absolute Gasteiger partial charge is 0 e. The van der Waals surface area contributed by atoms with Crippen molar-refractivity contribution in [1.82, 2.24) is 0 Å². The van der Waals surface area contributed by atoms with Gasteiger partial charge >= 0.3 is 79.0 Å². The zero-order valence-corrected chi connectivity index (χ0v) is 7.59. The molecule has 0 unspecified atom stereocenters. The Hall–Kier alpha value is 2.53. The Bertz CT molecular complexity index is 202. The summed E-state index contributed by atoms with van der Waals surface area (Å²) in [6, 6.07) is 0. The molecule has 79 valence electrons. The van der Waals surface area contributed by atoms with Crippen LogP contribution in [0.15, 0.2) is 0 Å². The van der Waals surface area contributed by atoms with E-state index in [1.54, 1.807) is 0 Å². The van der Waals surface area contributed by atoms with E-state index in [9.17, 15) is 0 Å². The molecule has 13 heteroatoms. The quantitative estimate of drug-likeness (QED) is 0.176. The van der Waals surface area contributed by atoms with E-state index in [0.717, 1.165) is 0 Å². The second kappa shape index (κ2) is 12.6. The molecule has 0 heterocycles. The van der Waals surface area contributed by atoms with Crippen molar-refractivity contribution in [1.29, 1.82) is 0 Å². The monoisotopic (exact) mass is 319 g/mol. The van der Waals surface area contributed by atoms with Gasteiger partial charge in [0.1, 0.15) is 0 Å². The zero-order chi connectivity index (χ0) is 9.00. The summed E-state index contributed by atoms with van der Waals surface area (Å²) in [5.74, 6) is 0. The molecule has 0 aromatic carbocycles. The fourth-order valence-electron chi connectivity index (χ4n) is 0. The molecule has 0 aliphatic carbocycles.